The number of ether oxygens (including phenoxy) is 1. The van der Waals surface area contributed by atoms with Crippen molar-refractivity contribution < 1.29 is 13.9 Å². The molecule has 0 saturated heterocycles. The Hall–Kier alpha value is -3.74. The van der Waals surface area contributed by atoms with Crippen LogP contribution in [0.15, 0.2) is 48.5 Å². The normalized spacial score (nSPS) is 11.0. The molecular weight excluding hydrogens is 407 g/mol. The number of carbonyl (C=O) groups is 1. The Kier molecular flexibility index (Phi) is 5.90. The van der Waals surface area contributed by atoms with Gasteiger partial charge in [0.1, 0.15) is 5.82 Å². The number of hydrogen-bond acceptors (Lipinski definition) is 4. The summed E-state index contributed by atoms with van der Waals surface area (Å²) in [7, 11) is 1.56. The number of halogens is 1. The molecule has 0 aliphatic carbocycles. The van der Waals surface area contributed by atoms with Gasteiger partial charge in [-0.05, 0) is 68.7 Å². The highest BCUT2D eigenvalue weighted by Crippen LogP contribution is 2.32. The molecule has 0 radical (unpaired) electrons. The number of hydrogen-bond donors (Lipinski definition) is 1. The molecule has 164 valence electrons. The van der Waals surface area contributed by atoms with Gasteiger partial charge < -0.3 is 10.1 Å². The van der Waals surface area contributed by atoms with Gasteiger partial charge in [-0.1, -0.05) is 18.2 Å². The molecule has 32 heavy (non-hydrogen) atoms. The molecule has 2 heterocycles. The Morgan fingerprint density at radius 3 is 2.62 bits per heavy atom. The number of nitrogens with zero attached hydrogens (tertiary/aromatic N) is 3. The zero-order valence-corrected chi connectivity index (χ0v) is 18.6. The third-order valence-corrected chi connectivity index (χ3v) is 5.48. The summed E-state index contributed by atoms with van der Waals surface area (Å²) in [5.41, 5.74) is 5.64. The van der Waals surface area contributed by atoms with Crippen molar-refractivity contribution >= 4 is 22.6 Å². The second-order valence-corrected chi connectivity index (χ2v) is 7.82. The van der Waals surface area contributed by atoms with Crippen LogP contribution in [-0.4, -0.2) is 27.8 Å². The first-order valence-electron chi connectivity index (χ1n) is 10.4. The zero-order valence-electron chi connectivity index (χ0n) is 18.6. The lowest BCUT2D eigenvalue weighted by atomic mass is 10.0. The van der Waals surface area contributed by atoms with Gasteiger partial charge >= 0.3 is 0 Å². The van der Waals surface area contributed by atoms with Crippen LogP contribution in [0.4, 0.5) is 10.1 Å². The van der Waals surface area contributed by atoms with Crippen LogP contribution in [0.1, 0.15) is 28.8 Å². The molecule has 0 aliphatic heterocycles. The third-order valence-electron chi connectivity index (χ3n) is 5.48. The molecule has 6 nitrogen and oxygen atoms in total. The molecule has 1 N–H and O–H groups in total. The van der Waals surface area contributed by atoms with Gasteiger partial charge in [-0.3, -0.25) is 4.79 Å². The number of rotatable bonds is 6. The molecule has 2 aromatic carbocycles. The Labute approximate surface area is 186 Å². The molecule has 2 aromatic heterocycles. The average molecular weight is 432 g/mol. The summed E-state index contributed by atoms with van der Waals surface area (Å²) in [6, 6.07) is 13.9. The highest BCUT2D eigenvalue weighted by atomic mass is 19.1. The monoisotopic (exact) mass is 432 g/mol. The van der Waals surface area contributed by atoms with E-state index in [2.05, 4.69) is 15.4 Å². The van der Waals surface area contributed by atoms with E-state index >= 15 is 0 Å². The quantitative estimate of drug-likeness (QED) is 0.462. The van der Waals surface area contributed by atoms with Gasteiger partial charge in [-0.15, -0.1) is 0 Å². The number of aromatic nitrogens is 3. The fraction of sp³-hybridized carbons (Fsp3) is 0.240. The summed E-state index contributed by atoms with van der Waals surface area (Å²) in [4.78, 5) is 17.2. The van der Waals surface area contributed by atoms with E-state index in [1.54, 1.807) is 23.9 Å². The number of aryl methyl sites for hydroxylation is 3. The first kappa shape index (κ1) is 21.5. The number of carbonyl (C=O) groups excluding carboxylic acids is 1. The molecule has 0 spiro atoms. The van der Waals surface area contributed by atoms with Crippen molar-refractivity contribution in [3.05, 3.63) is 76.7 Å². The predicted octanol–water partition coefficient (Wildman–Crippen LogP) is 5.06. The number of nitrogens with one attached hydrogen (secondary N) is 1. The predicted molar refractivity (Wildman–Crippen MR) is 123 cm³/mol. The number of anilines is 1. The van der Waals surface area contributed by atoms with E-state index in [4.69, 9.17) is 4.74 Å². The molecule has 0 unspecified atom stereocenters. The average Bonchev–Trinajstić information content (AvgIpc) is 3.09. The highest BCUT2D eigenvalue weighted by Gasteiger charge is 2.20. The molecular formula is C25H25FN4O2. The lowest BCUT2D eigenvalue weighted by Gasteiger charge is -2.13. The van der Waals surface area contributed by atoms with Crippen LogP contribution in [0.3, 0.4) is 0 Å². The van der Waals surface area contributed by atoms with Crippen LogP contribution >= 0.6 is 0 Å². The van der Waals surface area contributed by atoms with Crippen LogP contribution in [0.25, 0.3) is 16.7 Å². The van der Waals surface area contributed by atoms with Gasteiger partial charge in [0.25, 0.3) is 0 Å². The highest BCUT2D eigenvalue weighted by molar-refractivity contribution is 5.91. The Bertz CT molecular complexity index is 1310. The van der Waals surface area contributed by atoms with Crippen LogP contribution in [-0.2, 0) is 11.2 Å². The molecule has 1 amide bonds. The maximum Gasteiger partial charge on any atom is 0.224 e. The van der Waals surface area contributed by atoms with Gasteiger partial charge in [0.2, 0.25) is 11.8 Å². The van der Waals surface area contributed by atoms with Crippen molar-refractivity contribution in [2.24, 2.45) is 0 Å². The van der Waals surface area contributed by atoms with Gasteiger partial charge in [0.05, 0.1) is 18.5 Å². The van der Waals surface area contributed by atoms with Crippen LogP contribution in [0.2, 0.25) is 0 Å². The van der Waals surface area contributed by atoms with Crippen molar-refractivity contribution in [2.75, 3.05) is 12.4 Å². The minimum absolute atomic E-state index is 0.0793. The summed E-state index contributed by atoms with van der Waals surface area (Å²) in [5.74, 6) is 0.0176. The molecule has 0 aliphatic rings. The fourth-order valence-electron chi connectivity index (χ4n) is 3.97. The van der Waals surface area contributed by atoms with Crippen molar-refractivity contribution in [3.63, 3.8) is 0 Å². The molecule has 0 atom stereocenters. The number of fused-ring (bicyclic) bond motifs is 1. The van der Waals surface area contributed by atoms with E-state index in [0.717, 1.165) is 33.5 Å². The van der Waals surface area contributed by atoms with Gasteiger partial charge in [-0.25, -0.2) is 9.07 Å². The molecule has 0 saturated carbocycles. The number of amides is 1. The molecule has 0 fully saturated rings. The smallest absolute Gasteiger partial charge is 0.224 e. The summed E-state index contributed by atoms with van der Waals surface area (Å²) in [5, 5.41) is 8.41. The molecule has 7 heteroatoms. The van der Waals surface area contributed by atoms with E-state index in [9.17, 15) is 9.18 Å². The van der Waals surface area contributed by atoms with E-state index < -0.39 is 0 Å². The Balaban J connectivity index is 1.66. The van der Waals surface area contributed by atoms with Crippen molar-refractivity contribution in [2.45, 2.75) is 33.6 Å². The summed E-state index contributed by atoms with van der Waals surface area (Å²) < 4.78 is 21.0. The number of methoxy groups -OCH3 is 1. The summed E-state index contributed by atoms with van der Waals surface area (Å²) in [6.07, 6.45) is 0.760. The SMILES string of the molecule is COc1nc2c(c(C)nn2-c2cccc(F)c2)c(C)c1CCC(=O)Nc1cccc(C)c1. The van der Waals surface area contributed by atoms with Gasteiger partial charge in [0.15, 0.2) is 5.65 Å². The molecule has 4 aromatic rings. The zero-order chi connectivity index (χ0) is 22.8. The summed E-state index contributed by atoms with van der Waals surface area (Å²) in [6.45, 7) is 5.86. The van der Waals surface area contributed by atoms with Crippen LogP contribution in [0, 0.1) is 26.6 Å². The van der Waals surface area contributed by atoms with E-state index in [0.29, 0.717) is 23.6 Å². The third kappa shape index (κ3) is 4.19. The standard InChI is InChI=1S/C25H25FN4O2/c1-15-7-5-9-19(13-15)27-22(31)12-11-21-16(2)23-17(3)29-30(24(23)28-25(21)32-4)20-10-6-8-18(26)14-20/h5-10,13-14H,11-12H2,1-4H3,(H,27,31). The first-order valence-corrected chi connectivity index (χ1v) is 10.4. The number of benzene rings is 2. The second-order valence-electron chi connectivity index (χ2n) is 7.82. The summed E-state index contributed by atoms with van der Waals surface area (Å²) >= 11 is 0. The van der Waals surface area contributed by atoms with Crippen molar-refractivity contribution in [3.8, 4) is 11.6 Å². The maximum atomic E-state index is 13.8. The van der Waals surface area contributed by atoms with Gasteiger partial charge in [-0.2, -0.15) is 10.1 Å². The van der Waals surface area contributed by atoms with Crippen molar-refractivity contribution in [1.82, 2.24) is 14.8 Å². The first-order chi connectivity index (χ1) is 15.4. The lowest BCUT2D eigenvalue weighted by molar-refractivity contribution is -0.116. The van der Waals surface area contributed by atoms with E-state index in [1.165, 1.54) is 12.1 Å². The van der Waals surface area contributed by atoms with Crippen molar-refractivity contribution in [1.29, 1.82) is 0 Å². The van der Waals surface area contributed by atoms with Crippen LogP contribution in [0.5, 0.6) is 5.88 Å². The molecule has 0 bridgehead atoms. The number of pyridine rings is 1. The molecule has 4 rings (SSSR count). The van der Waals surface area contributed by atoms with E-state index in [-0.39, 0.29) is 18.1 Å². The van der Waals surface area contributed by atoms with Gasteiger partial charge in [0, 0.05) is 23.1 Å². The topological polar surface area (TPSA) is 69.0 Å². The maximum absolute atomic E-state index is 13.8. The Morgan fingerprint density at radius 2 is 1.91 bits per heavy atom. The minimum Gasteiger partial charge on any atom is -0.481 e. The van der Waals surface area contributed by atoms with Crippen LogP contribution < -0.4 is 10.1 Å². The lowest BCUT2D eigenvalue weighted by Crippen LogP contribution is -2.13. The second kappa shape index (κ2) is 8.78. The minimum atomic E-state index is -0.344. The Morgan fingerprint density at radius 1 is 1.12 bits per heavy atom. The van der Waals surface area contributed by atoms with E-state index in [1.807, 2.05) is 45.0 Å². The largest absolute Gasteiger partial charge is 0.481 e. The fourth-order valence-corrected chi connectivity index (χ4v) is 3.97.